The second-order valence-corrected chi connectivity index (χ2v) is 7.36. The molecule has 1 heterocycles. The molecule has 0 amide bonds. The molecule has 1 fully saturated rings. The minimum Gasteiger partial charge on any atom is -0.384 e. The first-order valence-electron chi connectivity index (χ1n) is 10.2. The van der Waals surface area contributed by atoms with Crippen LogP contribution in [-0.2, 0) is 0 Å². The number of hydrogen-bond acceptors (Lipinski definition) is 4. The molecule has 0 aromatic heterocycles. The van der Waals surface area contributed by atoms with Gasteiger partial charge in [-0.05, 0) is 74.5 Å². The van der Waals surface area contributed by atoms with Gasteiger partial charge in [0, 0.05) is 29.0 Å². The van der Waals surface area contributed by atoms with E-state index in [9.17, 15) is 0 Å². The Hall–Kier alpha value is -3.39. The lowest BCUT2D eigenvalue weighted by Gasteiger charge is -2.25. The predicted octanol–water partition coefficient (Wildman–Crippen LogP) is 2.62. The van der Waals surface area contributed by atoms with Gasteiger partial charge in [-0.1, -0.05) is 6.42 Å². The highest BCUT2D eigenvalue weighted by molar-refractivity contribution is 6.04. The normalized spacial score (nSPS) is 14.0. The summed E-state index contributed by atoms with van der Waals surface area (Å²) in [5.74, 6) is 0.722. The second-order valence-electron chi connectivity index (χ2n) is 7.36. The fourth-order valence-corrected chi connectivity index (χ4v) is 3.34. The van der Waals surface area contributed by atoms with Gasteiger partial charge in [-0.2, -0.15) is 0 Å². The summed E-state index contributed by atoms with van der Waals surface area (Å²) in [5, 5.41) is 21.7. The van der Waals surface area contributed by atoms with Crippen molar-refractivity contribution in [1.82, 2.24) is 4.90 Å². The van der Waals surface area contributed by atoms with Crippen molar-refractivity contribution in [1.29, 1.82) is 10.8 Å². The Morgan fingerprint density at radius 3 is 1.70 bits per heavy atom. The summed E-state index contributed by atoms with van der Waals surface area (Å²) in [4.78, 5) is 7.19. The molecule has 1 aliphatic heterocycles. The highest BCUT2D eigenvalue weighted by atomic mass is 15.2. The minimum atomic E-state index is 0.0423. The molecule has 0 bridgehead atoms. The third-order valence-corrected chi connectivity index (χ3v) is 5.05. The van der Waals surface area contributed by atoms with Gasteiger partial charge in [0.05, 0.1) is 6.54 Å². The van der Waals surface area contributed by atoms with Gasteiger partial charge in [0.25, 0.3) is 0 Å². The highest BCUT2D eigenvalue weighted by Crippen LogP contribution is 2.13. The van der Waals surface area contributed by atoms with Gasteiger partial charge < -0.3 is 27.0 Å². The van der Waals surface area contributed by atoms with Gasteiger partial charge >= 0.3 is 0 Å². The zero-order chi connectivity index (χ0) is 21.3. The Balaban J connectivity index is 1.70. The average Bonchev–Trinajstić information content (AvgIpc) is 2.75. The molecule has 8 heteroatoms. The molecular weight excluding hydrogens is 376 g/mol. The van der Waals surface area contributed by atoms with Crippen molar-refractivity contribution in [3.63, 3.8) is 0 Å². The zero-order valence-corrected chi connectivity index (χ0v) is 17.1. The van der Waals surface area contributed by atoms with Crippen molar-refractivity contribution in [2.45, 2.75) is 19.3 Å². The number of nitrogens with two attached hydrogens (primary N) is 2. The number of nitrogens with one attached hydrogen (secondary N) is 4. The molecular formula is C22H30N8. The zero-order valence-electron chi connectivity index (χ0n) is 17.1. The molecule has 0 atom stereocenters. The number of rotatable bonds is 7. The molecule has 0 unspecified atom stereocenters. The standard InChI is InChI=1S/C22H30N8/c23-20(24)16-4-8-18(9-5-16)28-22(27-12-15-30-13-2-1-3-14-30)29-19-10-6-17(7-11-19)21(25)26/h4-11H,1-3,12-15H2,(H3,23,24)(H3,25,26)(H2,27,28,29). The molecule has 0 spiro atoms. The number of nitrogens with zero attached hydrogens (tertiary/aromatic N) is 2. The molecule has 30 heavy (non-hydrogen) atoms. The summed E-state index contributed by atoms with van der Waals surface area (Å²) in [7, 11) is 0. The first-order valence-corrected chi connectivity index (χ1v) is 10.2. The van der Waals surface area contributed by atoms with Gasteiger partial charge in [-0.25, -0.2) is 0 Å². The Kier molecular flexibility index (Phi) is 7.40. The van der Waals surface area contributed by atoms with Crippen molar-refractivity contribution in [3.05, 3.63) is 59.7 Å². The Bertz CT molecular complexity index is 819. The maximum absolute atomic E-state index is 7.52. The van der Waals surface area contributed by atoms with E-state index in [0.717, 1.165) is 31.0 Å². The number of amidine groups is 2. The van der Waals surface area contributed by atoms with Crippen molar-refractivity contribution >= 4 is 29.0 Å². The molecule has 1 saturated heterocycles. The molecule has 1 aliphatic rings. The van der Waals surface area contributed by atoms with E-state index in [1.165, 1.54) is 19.3 Å². The Morgan fingerprint density at radius 1 is 0.800 bits per heavy atom. The number of benzene rings is 2. The van der Waals surface area contributed by atoms with Crippen LogP contribution in [0, 0.1) is 10.8 Å². The van der Waals surface area contributed by atoms with Crippen LogP contribution in [0.15, 0.2) is 53.5 Å². The maximum Gasteiger partial charge on any atom is 0.200 e. The number of piperidine rings is 1. The first kappa shape index (κ1) is 21.3. The lowest BCUT2D eigenvalue weighted by molar-refractivity contribution is 0.235. The molecule has 2 aromatic carbocycles. The van der Waals surface area contributed by atoms with E-state index in [0.29, 0.717) is 23.6 Å². The average molecular weight is 407 g/mol. The smallest absolute Gasteiger partial charge is 0.200 e. The van der Waals surface area contributed by atoms with E-state index in [2.05, 4.69) is 15.5 Å². The third-order valence-electron chi connectivity index (χ3n) is 5.05. The molecule has 0 aliphatic carbocycles. The highest BCUT2D eigenvalue weighted by Gasteiger charge is 2.09. The summed E-state index contributed by atoms with van der Waals surface area (Å²) in [5.41, 5.74) is 14.1. The van der Waals surface area contributed by atoms with E-state index >= 15 is 0 Å². The van der Waals surface area contributed by atoms with Crippen LogP contribution in [0.25, 0.3) is 0 Å². The maximum atomic E-state index is 7.52. The number of aliphatic imine (C=N–C) groups is 1. The van der Waals surface area contributed by atoms with Crippen LogP contribution in [0.4, 0.5) is 11.4 Å². The molecule has 2 aromatic rings. The minimum absolute atomic E-state index is 0.0423. The van der Waals surface area contributed by atoms with Crippen LogP contribution >= 0.6 is 0 Å². The van der Waals surface area contributed by atoms with Crippen LogP contribution in [0.2, 0.25) is 0 Å². The molecule has 158 valence electrons. The SMILES string of the molecule is N=C(N)c1ccc(NC(=NCCN2CCCCC2)Nc2ccc(C(=N)N)cc2)cc1. The van der Waals surface area contributed by atoms with Crippen molar-refractivity contribution in [2.75, 3.05) is 36.8 Å². The van der Waals surface area contributed by atoms with E-state index in [-0.39, 0.29) is 11.7 Å². The van der Waals surface area contributed by atoms with Gasteiger partial charge in [-0.3, -0.25) is 15.8 Å². The number of guanidine groups is 1. The lowest BCUT2D eigenvalue weighted by atomic mass is 10.1. The quantitative estimate of drug-likeness (QED) is 0.310. The van der Waals surface area contributed by atoms with Gasteiger partial charge in [-0.15, -0.1) is 0 Å². The van der Waals surface area contributed by atoms with E-state index in [1.807, 2.05) is 24.3 Å². The van der Waals surface area contributed by atoms with E-state index < -0.39 is 0 Å². The van der Waals surface area contributed by atoms with Crippen LogP contribution in [0.1, 0.15) is 30.4 Å². The molecule has 8 nitrogen and oxygen atoms in total. The fraction of sp³-hybridized carbons (Fsp3) is 0.318. The number of nitrogen functional groups attached to an aromatic ring is 2. The monoisotopic (exact) mass is 406 g/mol. The van der Waals surface area contributed by atoms with Crippen LogP contribution in [-0.4, -0.2) is 48.7 Å². The summed E-state index contributed by atoms with van der Waals surface area (Å²) in [6, 6.07) is 14.7. The lowest BCUT2D eigenvalue weighted by Crippen LogP contribution is -2.32. The topological polar surface area (TPSA) is 139 Å². The fourth-order valence-electron chi connectivity index (χ4n) is 3.34. The predicted molar refractivity (Wildman–Crippen MR) is 125 cm³/mol. The molecule has 8 N–H and O–H groups in total. The first-order chi connectivity index (χ1) is 14.5. The summed E-state index contributed by atoms with van der Waals surface area (Å²) in [6.45, 7) is 3.90. The number of anilines is 2. The molecule has 0 radical (unpaired) electrons. The largest absolute Gasteiger partial charge is 0.384 e. The Labute approximate surface area is 177 Å². The molecule has 3 rings (SSSR count). The van der Waals surface area contributed by atoms with Gasteiger partial charge in [0.15, 0.2) is 5.96 Å². The third kappa shape index (κ3) is 6.31. The van der Waals surface area contributed by atoms with E-state index in [4.69, 9.17) is 27.3 Å². The van der Waals surface area contributed by atoms with Gasteiger partial charge in [0.1, 0.15) is 11.7 Å². The summed E-state index contributed by atoms with van der Waals surface area (Å²) < 4.78 is 0. The van der Waals surface area contributed by atoms with Crippen LogP contribution < -0.4 is 22.1 Å². The van der Waals surface area contributed by atoms with Crippen molar-refractivity contribution < 1.29 is 0 Å². The molecule has 0 saturated carbocycles. The van der Waals surface area contributed by atoms with Crippen molar-refractivity contribution in [3.8, 4) is 0 Å². The summed E-state index contributed by atoms with van der Waals surface area (Å²) >= 11 is 0. The van der Waals surface area contributed by atoms with E-state index in [1.54, 1.807) is 24.3 Å². The van der Waals surface area contributed by atoms with Crippen molar-refractivity contribution in [2.24, 2.45) is 16.5 Å². The Morgan fingerprint density at radius 2 is 1.27 bits per heavy atom. The summed E-state index contributed by atoms with van der Waals surface area (Å²) in [6.07, 6.45) is 3.84. The number of hydrogen-bond donors (Lipinski definition) is 6. The van der Waals surface area contributed by atoms with Crippen LogP contribution in [0.5, 0.6) is 0 Å². The van der Waals surface area contributed by atoms with Gasteiger partial charge in [0.2, 0.25) is 0 Å². The number of likely N-dealkylation sites (tertiary alicyclic amines) is 1. The van der Waals surface area contributed by atoms with Crippen LogP contribution in [0.3, 0.4) is 0 Å². The second kappa shape index (κ2) is 10.4.